The van der Waals surface area contributed by atoms with Gasteiger partial charge in [0.15, 0.2) is 5.65 Å². The molecular weight excluding hydrogens is 370 g/mol. The van der Waals surface area contributed by atoms with E-state index in [1.807, 2.05) is 0 Å². The molecule has 29 heavy (non-hydrogen) atoms. The molecule has 142 valence electrons. The highest BCUT2D eigenvalue weighted by molar-refractivity contribution is 6.38. The number of hydrogen-bond donors (Lipinski definition) is 0. The monoisotopic (exact) mass is 385 g/mol. The molecule has 5 rings (SSSR count). The number of nitrogens with zero attached hydrogens (tertiary/aromatic N) is 5. The molecular formula is C21H15N5O3. The first kappa shape index (κ1) is 17.1. The van der Waals surface area contributed by atoms with Crippen LogP contribution in [0.2, 0.25) is 0 Å². The fraction of sp³-hybridized carbons (Fsp3) is 0.0952. The molecule has 1 aliphatic rings. The number of aromatic nitrogens is 4. The highest BCUT2D eigenvalue weighted by atomic mass is 16.5. The largest absolute Gasteiger partial charge is 0.495 e. The second-order valence-electron chi connectivity index (χ2n) is 6.57. The Morgan fingerprint density at radius 1 is 1.00 bits per heavy atom. The van der Waals surface area contributed by atoms with Crippen LogP contribution in [0.15, 0.2) is 55.0 Å². The zero-order chi connectivity index (χ0) is 20.1. The minimum atomic E-state index is -0.437. The summed E-state index contributed by atoms with van der Waals surface area (Å²) in [6, 6.07) is 10.5. The molecule has 3 aromatic heterocycles. The van der Waals surface area contributed by atoms with Gasteiger partial charge in [0, 0.05) is 31.2 Å². The third kappa shape index (κ3) is 2.35. The number of carbonyl (C=O) groups is 2. The Bertz CT molecular complexity index is 1300. The van der Waals surface area contributed by atoms with Crippen molar-refractivity contribution in [2.24, 2.45) is 7.05 Å². The molecule has 8 nitrogen and oxygen atoms in total. The predicted molar refractivity (Wildman–Crippen MR) is 106 cm³/mol. The summed E-state index contributed by atoms with van der Waals surface area (Å²) in [5.74, 6) is -0.426. The zero-order valence-electron chi connectivity index (χ0n) is 15.7. The number of para-hydroxylation sites is 2. The zero-order valence-corrected chi connectivity index (χ0v) is 15.7. The van der Waals surface area contributed by atoms with Gasteiger partial charge in [-0.15, -0.1) is 0 Å². The summed E-state index contributed by atoms with van der Waals surface area (Å²) in [5.41, 5.74) is 2.83. The molecule has 4 heterocycles. The number of carbonyl (C=O) groups excluding carboxylic acids is 2. The summed E-state index contributed by atoms with van der Waals surface area (Å²) in [6.07, 6.45) is 4.74. The first-order chi connectivity index (χ1) is 14.1. The van der Waals surface area contributed by atoms with E-state index in [4.69, 9.17) is 4.74 Å². The van der Waals surface area contributed by atoms with Gasteiger partial charge in [0.2, 0.25) is 0 Å². The number of hydrogen-bond acceptors (Lipinski definition) is 6. The minimum Gasteiger partial charge on any atom is -0.495 e. The highest BCUT2D eigenvalue weighted by Gasteiger charge is 2.41. The van der Waals surface area contributed by atoms with E-state index in [1.54, 1.807) is 60.5 Å². The van der Waals surface area contributed by atoms with Crippen LogP contribution in [-0.4, -0.2) is 38.7 Å². The van der Waals surface area contributed by atoms with Crippen molar-refractivity contribution in [1.29, 1.82) is 0 Å². The average molecular weight is 385 g/mol. The maximum atomic E-state index is 13.5. The first-order valence-electron chi connectivity index (χ1n) is 8.89. The fourth-order valence-electron chi connectivity index (χ4n) is 3.67. The van der Waals surface area contributed by atoms with Crippen LogP contribution in [0.4, 0.5) is 5.69 Å². The second-order valence-corrected chi connectivity index (χ2v) is 6.57. The summed E-state index contributed by atoms with van der Waals surface area (Å²) >= 11 is 0. The maximum Gasteiger partial charge on any atom is 0.267 e. The molecule has 2 amide bonds. The molecule has 0 bridgehead atoms. The lowest BCUT2D eigenvalue weighted by atomic mass is 10.0. The summed E-state index contributed by atoms with van der Waals surface area (Å²) in [5, 5.41) is 5.10. The number of pyridine rings is 2. The molecule has 0 atom stereocenters. The third-order valence-electron chi connectivity index (χ3n) is 4.98. The number of amides is 2. The number of fused-ring (bicyclic) bond motifs is 3. The number of methoxy groups -OCH3 is 1. The number of benzene rings is 1. The van der Waals surface area contributed by atoms with Crippen LogP contribution < -0.4 is 9.64 Å². The number of rotatable bonds is 3. The normalized spacial score (nSPS) is 13.2. The number of anilines is 1. The van der Waals surface area contributed by atoms with Crippen molar-refractivity contribution in [3.05, 3.63) is 66.1 Å². The molecule has 4 aromatic rings. The molecule has 0 spiro atoms. The van der Waals surface area contributed by atoms with Crippen LogP contribution in [0, 0.1) is 0 Å². The number of aryl methyl sites for hydroxylation is 1. The van der Waals surface area contributed by atoms with Gasteiger partial charge in [0.05, 0.1) is 29.3 Å². The molecule has 1 aliphatic heterocycles. The van der Waals surface area contributed by atoms with Crippen molar-refractivity contribution >= 4 is 28.5 Å². The van der Waals surface area contributed by atoms with Crippen LogP contribution >= 0.6 is 0 Å². The van der Waals surface area contributed by atoms with Gasteiger partial charge in [0.1, 0.15) is 11.4 Å². The Hall–Kier alpha value is -4.07. The van der Waals surface area contributed by atoms with Crippen molar-refractivity contribution in [2.45, 2.75) is 0 Å². The van der Waals surface area contributed by atoms with Crippen molar-refractivity contribution < 1.29 is 14.3 Å². The smallest absolute Gasteiger partial charge is 0.267 e. The van der Waals surface area contributed by atoms with E-state index >= 15 is 0 Å². The van der Waals surface area contributed by atoms with E-state index in [9.17, 15) is 9.59 Å². The van der Waals surface area contributed by atoms with Crippen LogP contribution in [0.25, 0.3) is 22.3 Å². The van der Waals surface area contributed by atoms with Gasteiger partial charge in [-0.1, -0.05) is 12.1 Å². The van der Waals surface area contributed by atoms with E-state index in [-0.39, 0.29) is 5.56 Å². The number of ether oxygens (including phenoxy) is 1. The van der Waals surface area contributed by atoms with Gasteiger partial charge in [-0.2, -0.15) is 5.10 Å². The summed E-state index contributed by atoms with van der Waals surface area (Å²) in [6.45, 7) is 0. The van der Waals surface area contributed by atoms with E-state index < -0.39 is 11.8 Å². The maximum absolute atomic E-state index is 13.5. The lowest BCUT2D eigenvalue weighted by Crippen LogP contribution is -2.29. The number of imide groups is 1. The molecule has 0 N–H and O–H groups in total. The Morgan fingerprint density at radius 3 is 2.52 bits per heavy atom. The fourth-order valence-corrected chi connectivity index (χ4v) is 3.67. The molecule has 8 heteroatoms. The Balaban J connectivity index is 1.78. The molecule has 0 radical (unpaired) electrons. The van der Waals surface area contributed by atoms with Crippen molar-refractivity contribution in [1.82, 2.24) is 19.7 Å². The summed E-state index contributed by atoms with van der Waals surface area (Å²) in [4.78, 5) is 36.2. The average Bonchev–Trinajstić information content (AvgIpc) is 3.23. The van der Waals surface area contributed by atoms with Crippen LogP contribution in [0.3, 0.4) is 0 Å². The van der Waals surface area contributed by atoms with Gasteiger partial charge >= 0.3 is 0 Å². The Labute approximate surface area is 165 Å². The summed E-state index contributed by atoms with van der Waals surface area (Å²) < 4.78 is 6.96. The highest BCUT2D eigenvalue weighted by Crippen LogP contribution is 2.39. The van der Waals surface area contributed by atoms with E-state index in [2.05, 4.69) is 15.1 Å². The van der Waals surface area contributed by atoms with Crippen LogP contribution in [0.5, 0.6) is 5.75 Å². The van der Waals surface area contributed by atoms with E-state index in [0.717, 1.165) is 10.5 Å². The van der Waals surface area contributed by atoms with Gasteiger partial charge < -0.3 is 4.74 Å². The van der Waals surface area contributed by atoms with Gasteiger partial charge in [-0.25, -0.2) is 14.6 Å². The topological polar surface area (TPSA) is 90.2 Å². The van der Waals surface area contributed by atoms with Crippen molar-refractivity contribution in [3.8, 4) is 17.0 Å². The molecule has 0 saturated heterocycles. The molecule has 0 saturated carbocycles. The lowest BCUT2D eigenvalue weighted by Gasteiger charge is -2.16. The Kier molecular flexibility index (Phi) is 3.67. The minimum absolute atomic E-state index is 0.247. The van der Waals surface area contributed by atoms with Crippen LogP contribution in [-0.2, 0) is 7.05 Å². The van der Waals surface area contributed by atoms with Gasteiger partial charge in [-0.05, 0) is 24.3 Å². The second kappa shape index (κ2) is 6.23. The molecule has 1 aromatic carbocycles. The van der Waals surface area contributed by atoms with E-state index in [1.165, 1.54) is 13.3 Å². The Morgan fingerprint density at radius 2 is 1.76 bits per heavy atom. The summed E-state index contributed by atoms with van der Waals surface area (Å²) in [7, 11) is 3.26. The predicted octanol–water partition coefficient (Wildman–Crippen LogP) is 2.84. The first-order valence-corrected chi connectivity index (χ1v) is 8.89. The van der Waals surface area contributed by atoms with E-state index in [0.29, 0.717) is 33.7 Å². The standard InChI is InChI=1S/C21H15N5O3/c1-25-19-17(18(24-25)12-7-9-22-10-8-12)16-13(11-23-19)20(27)26(21(16)28)14-5-3-4-6-15(14)29-2/h3-11H,1-2H3. The lowest BCUT2D eigenvalue weighted by molar-refractivity contribution is 0.0925. The van der Waals surface area contributed by atoms with Gasteiger partial charge in [-0.3, -0.25) is 14.6 Å². The third-order valence-corrected chi connectivity index (χ3v) is 4.98. The van der Waals surface area contributed by atoms with Crippen molar-refractivity contribution in [3.63, 3.8) is 0 Å². The molecule has 0 fully saturated rings. The van der Waals surface area contributed by atoms with Crippen LogP contribution in [0.1, 0.15) is 20.7 Å². The molecule has 0 aliphatic carbocycles. The molecule has 0 unspecified atom stereocenters. The van der Waals surface area contributed by atoms with Crippen molar-refractivity contribution in [2.75, 3.05) is 12.0 Å². The van der Waals surface area contributed by atoms with Gasteiger partial charge in [0.25, 0.3) is 11.8 Å². The quantitative estimate of drug-likeness (QED) is 0.504. The SMILES string of the molecule is COc1ccccc1N1C(=O)c2cnc3c(c(-c4ccncc4)nn3C)c2C1=O.